The molecule has 4 nitrogen and oxygen atoms in total. The number of rotatable bonds is 8. The predicted molar refractivity (Wildman–Crippen MR) is 91.4 cm³/mol. The summed E-state index contributed by atoms with van der Waals surface area (Å²) in [6, 6.07) is 0. The fourth-order valence-electron chi connectivity index (χ4n) is 2.40. The highest BCUT2D eigenvalue weighted by atomic mass is 32.1. The summed E-state index contributed by atoms with van der Waals surface area (Å²) in [5.74, 6) is 0.454. The van der Waals surface area contributed by atoms with Crippen LogP contribution in [0.3, 0.4) is 0 Å². The molecule has 116 valence electrons. The molecular formula is C16H25N3OS. The van der Waals surface area contributed by atoms with Crippen LogP contribution in [0.1, 0.15) is 53.8 Å². The second-order valence-electron chi connectivity index (χ2n) is 5.61. The Labute approximate surface area is 131 Å². The fraction of sp³-hybridized carbons (Fsp3) is 0.562. The van der Waals surface area contributed by atoms with Crippen LogP contribution < -0.4 is 16.0 Å². The minimum Gasteiger partial charge on any atom is -0.397 e. The fourth-order valence-corrected chi connectivity index (χ4v) is 3.62. The van der Waals surface area contributed by atoms with Crippen molar-refractivity contribution in [2.45, 2.75) is 38.5 Å². The van der Waals surface area contributed by atoms with Gasteiger partial charge >= 0.3 is 0 Å². The lowest BCUT2D eigenvalue weighted by Crippen LogP contribution is -2.23. The Hall–Kier alpha value is -1.49. The second kappa shape index (κ2) is 6.98. The monoisotopic (exact) mass is 307 g/mol. The van der Waals surface area contributed by atoms with Crippen molar-refractivity contribution in [1.29, 1.82) is 0 Å². The van der Waals surface area contributed by atoms with E-state index in [-0.39, 0.29) is 5.91 Å². The van der Waals surface area contributed by atoms with Crippen LogP contribution in [0, 0.1) is 0 Å². The van der Waals surface area contributed by atoms with E-state index >= 15 is 0 Å². The molecule has 0 unspecified atom stereocenters. The molecule has 0 saturated heterocycles. The zero-order chi connectivity index (χ0) is 15.4. The first-order valence-corrected chi connectivity index (χ1v) is 8.44. The van der Waals surface area contributed by atoms with E-state index in [1.165, 1.54) is 34.7 Å². The summed E-state index contributed by atoms with van der Waals surface area (Å²) in [5.41, 5.74) is 8.16. The molecule has 21 heavy (non-hydrogen) atoms. The molecular weight excluding hydrogens is 282 g/mol. The highest BCUT2D eigenvalue weighted by Crippen LogP contribution is 2.51. The maximum absolute atomic E-state index is 12.2. The zero-order valence-corrected chi connectivity index (χ0v) is 13.8. The van der Waals surface area contributed by atoms with Crippen LogP contribution in [0.25, 0.3) is 0 Å². The number of thiophene rings is 1. The van der Waals surface area contributed by atoms with Gasteiger partial charge in [-0.05, 0) is 25.2 Å². The average molecular weight is 307 g/mol. The Morgan fingerprint density at radius 2 is 2.29 bits per heavy atom. The number of hydrogen-bond acceptors (Lipinski definition) is 4. The van der Waals surface area contributed by atoms with Crippen LogP contribution in [0.4, 0.5) is 10.7 Å². The van der Waals surface area contributed by atoms with Crippen molar-refractivity contribution in [3.8, 4) is 0 Å². The van der Waals surface area contributed by atoms with E-state index < -0.39 is 0 Å². The Kier molecular flexibility index (Phi) is 5.28. The molecule has 0 atom stereocenters. The molecule has 1 heterocycles. The first kappa shape index (κ1) is 15.9. The molecule has 1 aliphatic carbocycles. The van der Waals surface area contributed by atoms with Gasteiger partial charge in [0, 0.05) is 25.7 Å². The highest BCUT2D eigenvalue weighted by Gasteiger charge is 2.33. The number of carbonyl (C=O) groups excluding carboxylic acids is 1. The molecule has 1 saturated carbocycles. The van der Waals surface area contributed by atoms with Gasteiger partial charge in [-0.25, -0.2) is 0 Å². The molecule has 2 rings (SSSR count). The average Bonchev–Trinajstić information content (AvgIpc) is 3.25. The lowest BCUT2D eigenvalue weighted by atomic mass is 10.1. The Balaban J connectivity index is 2.26. The highest BCUT2D eigenvalue weighted by molar-refractivity contribution is 7.18. The lowest BCUT2D eigenvalue weighted by Gasteiger charge is -2.19. The number of anilines is 2. The van der Waals surface area contributed by atoms with Crippen molar-refractivity contribution >= 4 is 27.9 Å². The van der Waals surface area contributed by atoms with Crippen LogP contribution >= 0.6 is 11.3 Å². The van der Waals surface area contributed by atoms with Crippen molar-refractivity contribution in [3.05, 3.63) is 23.1 Å². The summed E-state index contributed by atoms with van der Waals surface area (Å²) in [6.45, 7) is 7.28. The maximum Gasteiger partial charge on any atom is 0.263 e. The van der Waals surface area contributed by atoms with Gasteiger partial charge < -0.3 is 16.0 Å². The summed E-state index contributed by atoms with van der Waals surface area (Å²) >= 11 is 1.53. The van der Waals surface area contributed by atoms with Gasteiger partial charge in [0.15, 0.2) is 0 Å². The third-order valence-electron chi connectivity index (χ3n) is 3.76. The number of hydrogen-bond donors (Lipinski definition) is 2. The molecule has 0 aliphatic heterocycles. The Morgan fingerprint density at radius 3 is 2.86 bits per heavy atom. The SMILES string of the molecule is C=CCNC(=O)c1sc(N(C)CCCC)c(C2CC2)c1N. The first-order valence-electron chi connectivity index (χ1n) is 7.62. The molecule has 1 aromatic rings. The van der Waals surface area contributed by atoms with E-state index in [0.717, 1.165) is 19.4 Å². The number of amides is 1. The van der Waals surface area contributed by atoms with Gasteiger partial charge in [-0.15, -0.1) is 17.9 Å². The Morgan fingerprint density at radius 1 is 1.57 bits per heavy atom. The lowest BCUT2D eigenvalue weighted by molar-refractivity contribution is 0.0963. The molecule has 1 aromatic heterocycles. The number of carbonyl (C=O) groups is 1. The summed E-state index contributed by atoms with van der Waals surface area (Å²) in [6.07, 6.45) is 6.36. The van der Waals surface area contributed by atoms with E-state index in [1.807, 2.05) is 0 Å². The van der Waals surface area contributed by atoms with E-state index in [0.29, 0.717) is 23.0 Å². The van der Waals surface area contributed by atoms with Gasteiger partial charge in [0.25, 0.3) is 5.91 Å². The van der Waals surface area contributed by atoms with Crippen molar-refractivity contribution in [1.82, 2.24) is 5.32 Å². The number of nitrogen functional groups attached to an aromatic ring is 1. The first-order chi connectivity index (χ1) is 10.1. The molecule has 0 bridgehead atoms. The van der Waals surface area contributed by atoms with Gasteiger partial charge in [-0.2, -0.15) is 0 Å². The van der Waals surface area contributed by atoms with Crippen molar-refractivity contribution < 1.29 is 4.79 Å². The molecule has 1 aliphatic rings. The molecule has 1 amide bonds. The van der Waals surface area contributed by atoms with E-state index in [2.05, 4.69) is 30.8 Å². The summed E-state index contributed by atoms with van der Waals surface area (Å²) in [7, 11) is 2.10. The number of nitrogens with one attached hydrogen (secondary N) is 1. The van der Waals surface area contributed by atoms with E-state index in [9.17, 15) is 4.79 Å². The third-order valence-corrected chi connectivity index (χ3v) is 5.09. The van der Waals surface area contributed by atoms with Crippen LogP contribution in [0.2, 0.25) is 0 Å². The molecule has 5 heteroatoms. The van der Waals surface area contributed by atoms with Gasteiger partial charge in [-0.3, -0.25) is 4.79 Å². The topological polar surface area (TPSA) is 58.4 Å². The van der Waals surface area contributed by atoms with Crippen molar-refractivity contribution in [2.24, 2.45) is 0 Å². The van der Waals surface area contributed by atoms with E-state index in [4.69, 9.17) is 5.73 Å². The van der Waals surface area contributed by atoms with Crippen molar-refractivity contribution in [2.75, 3.05) is 30.8 Å². The number of nitrogens with two attached hydrogens (primary N) is 1. The van der Waals surface area contributed by atoms with E-state index in [1.54, 1.807) is 6.08 Å². The van der Waals surface area contributed by atoms with Crippen LogP contribution in [-0.4, -0.2) is 26.0 Å². The number of nitrogens with zero attached hydrogens (tertiary/aromatic N) is 1. The number of unbranched alkanes of at least 4 members (excludes halogenated alkanes) is 1. The maximum atomic E-state index is 12.2. The molecule has 0 spiro atoms. The second-order valence-corrected chi connectivity index (χ2v) is 6.61. The smallest absolute Gasteiger partial charge is 0.263 e. The normalized spacial score (nSPS) is 14.0. The molecule has 0 aromatic carbocycles. The third kappa shape index (κ3) is 3.59. The van der Waals surface area contributed by atoms with Crippen LogP contribution in [0.15, 0.2) is 12.7 Å². The summed E-state index contributed by atoms with van der Waals surface area (Å²) in [4.78, 5) is 15.1. The predicted octanol–water partition coefficient (Wildman–Crippen LogP) is 3.36. The van der Waals surface area contributed by atoms with Gasteiger partial charge in [0.1, 0.15) is 4.88 Å². The van der Waals surface area contributed by atoms with Crippen molar-refractivity contribution in [3.63, 3.8) is 0 Å². The quantitative estimate of drug-likeness (QED) is 0.724. The Bertz CT molecular complexity index is 520. The zero-order valence-electron chi connectivity index (χ0n) is 12.9. The van der Waals surface area contributed by atoms with Gasteiger partial charge in [0.2, 0.25) is 0 Å². The molecule has 3 N–H and O–H groups in total. The van der Waals surface area contributed by atoms with Crippen LogP contribution in [0.5, 0.6) is 0 Å². The van der Waals surface area contributed by atoms with Gasteiger partial charge in [-0.1, -0.05) is 19.4 Å². The molecule has 0 radical (unpaired) electrons. The van der Waals surface area contributed by atoms with Crippen LogP contribution in [-0.2, 0) is 0 Å². The standard InChI is InChI=1S/C16H25N3OS/c1-4-6-10-19(3)16-12(11-7-8-11)13(17)14(21-16)15(20)18-9-5-2/h5,11H,2,4,6-10,17H2,1,3H3,(H,18,20). The summed E-state index contributed by atoms with van der Waals surface area (Å²) in [5, 5.41) is 4.00. The molecule has 1 fully saturated rings. The minimum atomic E-state index is -0.0885. The van der Waals surface area contributed by atoms with Gasteiger partial charge in [0.05, 0.1) is 10.7 Å². The largest absolute Gasteiger partial charge is 0.397 e. The minimum absolute atomic E-state index is 0.0885. The summed E-state index contributed by atoms with van der Waals surface area (Å²) < 4.78 is 0.